The van der Waals surface area contributed by atoms with Crippen LogP contribution in [0.15, 0.2) is 48.5 Å². The Bertz CT molecular complexity index is 963. The third-order valence-corrected chi connectivity index (χ3v) is 4.13. The largest absolute Gasteiger partial charge is 0.395 e. The van der Waals surface area contributed by atoms with Gasteiger partial charge < -0.3 is 10.4 Å². The van der Waals surface area contributed by atoms with Gasteiger partial charge in [0.1, 0.15) is 17.3 Å². The lowest BCUT2D eigenvalue weighted by Crippen LogP contribution is -2.15. The first-order chi connectivity index (χ1) is 13.0. The molecular formula is C19H15ClF2N4O. The molecular weight excluding hydrogens is 374 g/mol. The summed E-state index contributed by atoms with van der Waals surface area (Å²) in [5.74, 6) is -1.47. The lowest BCUT2D eigenvalue weighted by Gasteiger charge is -2.15. The van der Waals surface area contributed by atoms with Gasteiger partial charge >= 0.3 is 0 Å². The smallest absolute Gasteiger partial charge is 0.159 e. The van der Waals surface area contributed by atoms with Crippen molar-refractivity contribution in [3.8, 4) is 11.3 Å². The SMILES string of the molecule is N=C(c1cc(F)cc(F)c1)c1c(NCCO)nnc(-c2ccccc2)c1Cl. The Morgan fingerprint density at radius 3 is 2.37 bits per heavy atom. The zero-order valence-corrected chi connectivity index (χ0v) is 14.8. The molecule has 1 aromatic heterocycles. The Morgan fingerprint density at radius 1 is 1.07 bits per heavy atom. The fourth-order valence-electron chi connectivity index (χ4n) is 2.57. The lowest BCUT2D eigenvalue weighted by atomic mass is 10.0. The number of halogens is 3. The molecule has 0 bridgehead atoms. The molecule has 8 heteroatoms. The maximum atomic E-state index is 13.6. The van der Waals surface area contributed by atoms with Crippen molar-refractivity contribution in [3.63, 3.8) is 0 Å². The van der Waals surface area contributed by atoms with Crippen LogP contribution in [0.3, 0.4) is 0 Å². The first kappa shape index (κ1) is 18.9. The van der Waals surface area contributed by atoms with E-state index in [1.807, 2.05) is 6.07 Å². The average Bonchev–Trinajstić information content (AvgIpc) is 2.66. The summed E-state index contributed by atoms with van der Waals surface area (Å²) < 4.78 is 27.2. The van der Waals surface area contributed by atoms with E-state index in [2.05, 4.69) is 15.5 Å². The zero-order chi connectivity index (χ0) is 19.4. The van der Waals surface area contributed by atoms with Crippen LogP contribution in [0.1, 0.15) is 11.1 Å². The molecule has 3 aromatic rings. The molecule has 3 rings (SSSR count). The van der Waals surface area contributed by atoms with Gasteiger partial charge in [0.15, 0.2) is 5.82 Å². The molecule has 0 saturated heterocycles. The monoisotopic (exact) mass is 388 g/mol. The van der Waals surface area contributed by atoms with Gasteiger partial charge in [0.25, 0.3) is 0 Å². The summed E-state index contributed by atoms with van der Waals surface area (Å²) in [6.07, 6.45) is 0. The molecule has 0 amide bonds. The predicted octanol–water partition coefficient (Wildman–Crippen LogP) is 3.90. The normalized spacial score (nSPS) is 10.7. The van der Waals surface area contributed by atoms with E-state index in [-0.39, 0.29) is 40.8 Å². The molecule has 3 N–H and O–H groups in total. The van der Waals surface area contributed by atoms with Gasteiger partial charge in [-0.05, 0) is 12.1 Å². The highest BCUT2D eigenvalue weighted by molar-refractivity contribution is 6.38. The number of anilines is 1. The van der Waals surface area contributed by atoms with Gasteiger partial charge in [-0.2, -0.15) is 0 Å². The molecule has 0 saturated carbocycles. The van der Waals surface area contributed by atoms with Crippen molar-refractivity contribution in [1.82, 2.24) is 10.2 Å². The van der Waals surface area contributed by atoms with E-state index in [0.29, 0.717) is 11.3 Å². The minimum Gasteiger partial charge on any atom is -0.395 e. The zero-order valence-electron chi connectivity index (χ0n) is 14.0. The van der Waals surface area contributed by atoms with Crippen molar-refractivity contribution in [2.24, 2.45) is 0 Å². The lowest BCUT2D eigenvalue weighted by molar-refractivity contribution is 0.311. The van der Waals surface area contributed by atoms with E-state index < -0.39 is 11.6 Å². The topological polar surface area (TPSA) is 81.9 Å². The Morgan fingerprint density at radius 2 is 1.74 bits per heavy atom. The van der Waals surface area contributed by atoms with Crippen LogP contribution in [0.25, 0.3) is 11.3 Å². The highest BCUT2D eigenvalue weighted by Gasteiger charge is 2.21. The second kappa shape index (κ2) is 8.20. The number of aliphatic hydroxyl groups excluding tert-OH is 1. The van der Waals surface area contributed by atoms with Crippen molar-refractivity contribution >= 4 is 23.1 Å². The van der Waals surface area contributed by atoms with Gasteiger partial charge in [0, 0.05) is 23.7 Å². The van der Waals surface area contributed by atoms with E-state index in [4.69, 9.17) is 22.1 Å². The first-order valence-corrected chi connectivity index (χ1v) is 8.40. The van der Waals surface area contributed by atoms with Crippen molar-refractivity contribution in [1.29, 1.82) is 5.41 Å². The van der Waals surface area contributed by atoms with Crippen molar-refractivity contribution in [3.05, 3.63) is 76.3 Å². The summed E-state index contributed by atoms with van der Waals surface area (Å²) >= 11 is 6.52. The van der Waals surface area contributed by atoms with Gasteiger partial charge in [-0.3, -0.25) is 5.41 Å². The van der Waals surface area contributed by atoms with Gasteiger partial charge in [-0.1, -0.05) is 41.9 Å². The summed E-state index contributed by atoms with van der Waals surface area (Å²) in [6, 6.07) is 11.8. The predicted molar refractivity (Wildman–Crippen MR) is 100 cm³/mol. The van der Waals surface area contributed by atoms with Crippen LogP contribution < -0.4 is 5.32 Å². The Hall–Kier alpha value is -2.90. The summed E-state index contributed by atoms with van der Waals surface area (Å²) in [5.41, 5.74) is 0.954. The molecule has 27 heavy (non-hydrogen) atoms. The third-order valence-electron chi connectivity index (χ3n) is 3.77. The number of aromatic nitrogens is 2. The molecule has 0 aliphatic rings. The van der Waals surface area contributed by atoms with E-state index in [0.717, 1.165) is 18.2 Å². The van der Waals surface area contributed by atoms with Crippen LogP contribution in [-0.4, -0.2) is 34.2 Å². The van der Waals surface area contributed by atoms with Gasteiger partial charge in [-0.15, -0.1) is 10.2 Å². The molecule has 5 nitrogen and oxygen atoms in total. The number of nitrogens with zero attached hydrogens (tertiary/aromatic N) is 2. The maximum Gasteiger partial charge on any atom is 0.159 e. The van der Waals surface area contributed by atoms with Gasteiger partial charge in [-0.25, -0.2) is 8.78 Å². The summed E-state index contributed by atoms with van der Waals surface area (Å²) in [7, 11) is 0. The summed E-state index contributed by atoms with van der Waals surface area (Å²) in [6.45, 7) is -0.0331. The number of nitrogens with one attached hydrogen (secondary N) is 2. The number of aliphatic hydroxyl groups is 1. The first-order valence-electron chi connectivity index (χ1n) is 8.03. The van der Waals surface area contributed by atoms with Crippen LogP contribution >= 0.6 is 11.6 Å². The van der Waals surface area contributed by atoms with Crippen molar-refractivity contribution in [2.75, 3.05) is 18.5 Å². The molecule has 0 atom stereocenters. The van der Waals surface area contributed by atoms with E-state index in [1.165, 1.54) is 0 Å². The molecule has 0 unspecified atom stereocenters. The molecule has 2 aromatic carbocycles. The van der Waals surface area contributed by atoms with Crippen LogP contribution in [0.5, 0.6) is 0 Å². The Kier molecular flexibility index (Phi) is 5.73. The number of hydrogen-bond donors (Lipinski definition) is 3. The number of benzene rings is 2. The Labute approximate surface area is 159 Å². The van der Waals surface area contributed by atoms with E-state index in [9.17, 15) is 8.78 Å². The fourth-order valence-corrected chi connectivity index (χ4v) is 2.90. The van der Waals surface area contributed by atoms with E-state index >= 15 is 0 Å². The molecule has 0 spiro atoms. The van der Waals surface area contributed by atoms with Gasteiger partial charge in [0.2, 0.25) is 0 Å². The molecule has 0 fully saturated rings. The third kappa shape index (κ3) is 4.10. The second-order valence-corrected chi connectivity index (χ2v) is 6.01. The molecule has 0 radical (unpaired) electrons. The van der Waals surface area contributed by atoms with E-state index in [1.54, 1.807) is 24.3 Å². The maximum absolute atomic E-state index is 13.6. The summed E-state index contributed by atoms with van der Waals surface area (Å²) in [5, 5.41) is 28.6. The Balaban J connectivity index is 2.16. The second-order valence-electron chi connectivity index (χ2n) is 5.64. The highest BCUT2D eigenvalue weighted by Crippen LogP contribution is 2.33. The quantitative estimate of drug-likeness (QED) is 0.559. The molecule has 0 aliphatic carbocycles. The number of rotatable bonds is 6. The summed E-state index contributed by atoms with van der Waals surface area (Å²) in [4.78, 5) is 0. The minimum absolute atomic E-state index is 0.00783. The molecule has 138 valence electrons. The van der Waals surface area contributed by atoms with Crippen LogP contribution in [0, 0.1) is 17.0 Å². The van der Waals surface area contributed by atoms with Crippen molar-refractivity contribution < 1.29 is 13.9 Å². The van der Waals surface area contributed by atoms with Crippen LogP contribution in [0.2, 0.25) is 5.02 Å². The van der Waals surface area contributed by atoms with Crippen molar-refractivity contribution in [2.45, 2.75) is 0 Å². The van der Waals surface area contributed by atoms with Crippen LogP contribution in [-0.2, 0) is 0 Å². The standard InChI is InChI=1S/C19H15ClF2N4O/c20-16-15(17(23)12-8-13(21)10-14(22)9-12)19(24-6-7-27)26-25-18(16)11-4-2-1-3-5-11/h1-5,8-10,23,27H,6-7H2,(H,24,26). The minimum atomic E-state index is -0.805. The fraction of sp³-hybridized carbons (Fsp3) is 0.105. The molecule has 1 heterocycles. The number of hydrogen-bond acceptors (Lipinski definition) is 5. The van der Waals surface area contributed by atoms with Gasteiger partial charge in [0.05, 0.1) is 22.9 Å². The average molecular weight is 389 g/mol. The highest BCUT2D eigenvalue weighted by atomic mass is 35.5. The molecule has 0 aliphatic heterocycles. The van der Waals surface area contributed by atoms with Crippen LogP contribution in [0.4, 0.5) is 14.6 Å².